The molecule has 0 amide bonds. The average molecular weight is 232 g/mol. The molecule has 0 heterocycles. The Morgan fingerprint density at radius 3 is 2.71 bits per heavy atom. The summed E-state index contributed by atoms with van der Waals surface area (Å²) in [7, 11) is 0. The molecule has 0 radical (unpaired) electrons. The fourth-order valence-electron chi connectivity index (χ4n) is 2.06. The quantitative estimate of drug-likeness (QED) is 0.594. The van der Waals surface area contributed by atoms with Gasteiger partial charge in [0.15, 0.2) is 0 Å². The van der Waals surface area contributed by atoms with Crippen LogP contribution in [0.2, 0.25) is 0 Å². The zero-order valence-corrected chi connectivity index (χ0v) is 9.72. The summed E-state index contributed by atoms with van der Waals surface area (Å²) in [6.45, 7) is 0.253. The molecule has 17 heavy (non-hydrogen) atoms. The Balaban J connectivity index is 1.87. The van der Waals surface area contributed by atoms with E-state index < -0.39 is 5.92 Å². The highest BCUT2D eigenvalue weighted by molar-refractivity contribution is 5.99. The third-order valence-corrected chi connectivity index (χ3v) is 3.06. The van der Waals surface area contributed by atoms with Gasteiger partial charge in [0, 0.05) is 6.42 Å². The molecule has 1 aromatic rings. The Hall–Kier alpha value is -1.64. The molecule has 0 saturated heterocycles. The maximum atomic E-state index is 11.7. The number of Topliss-reactive ketones (excluding diaryl/α,β-unsaturated/α-hetero) is 1. The van der Waals surface area contributed by atoms with Crippen molar-refractivity contribution in [3.05, 3.63) is 35.9 Å². The van der Waals surface area contributed by atoms with Gasteiger partial charge in [0.25, 0.3) is 0 Å². The summed E-state index contributed by atoms with van der Waals surface area (Å²) >= 11 is 0. The normalized spacial score (nSPS) is 20.0. The van der Waals surface area contributed by atoms with Crippen molar-refractivity contribution >= 4 is 11.8 Å². The number of benzene rings is 1. The molecular formula is C14H16O3. The summed E-state index contributed by atoms with van der Waals surface area (Å²) in [5.41, 5.74) is 0.948. The number of rotatable bonds is 3. The molecule has 1 unspecified atom stereocenters. The van der Waals surface area contributed by atoms with Gasteiger partial charge in [-0.3, -0.25) is 9.59 Å². The van der Waals surface area contributed by atoms with Crippen molar-refractivity contribution in [2.45, 2.75) is 32.3 Å². The van der Waals surface area contributed by atoms with E-state index in [4.69, 9.17) is 4.74 Å². The number of hydrogen-bond donors (Lipinski definition) is 0. The van der Waals surface area contributed by atoms with Crippen LogP contribution < -0.4 is 0 Å². The zero-order chi connectivity index (χ0) is 12.1. The smallest absolute Gasteiger partial charge is 0.316 e. The van der Waals surface area contributed by atoms with Crippen LogP contribution in [-0.2, 0) is 20.9 Å². The summed E-state index contributed by atoms with van der Waals surface area (Å²) in [4.78, 5) is 23.3. The predicted molar refractivity (Wildman–Crippen MR) is 63.2 cm³/mol. The number of ether oxygens (including phenoxy) is 1. The van der Waals surface area contributed by atoms with Gasteiger partial charge in [0.05, 0.1) is 0 Å². The van der Waals surface area contributed by atoms with E-state index in [1.165, 1.54) is 0 Å². The molecule has 1 saturated carbocycles. The average Bonchev–Trinajstić information content (AvgIpc) is 2.38. The van der Waals surface area contributed by atoms with Gasteiger partial charge >= 0.3 is 5.97 Å². The van der Waals surface area contributed by atoms with Crippen molar-refractivity contribution < 1.29 is 14.3 Å². The van der Waals surface area contributed by atoms with E-state index in [0.717, 1.165) is 18.4 Å². The minimum atomic E-state index is -0.521. The molecule has 1 atom stereocenters. The van der Waals surface area contributed by atoms with Gasteiger partial charge in [-0.05, 0) is 18.4 Å². The van der Waals surface area contributed by atoms with Gasteiger partial charge in [-0.25, -0.2) is 0 Å². The molecule has 3 nitrogen and oxygen atoms in total. The molecule has 1 aromatic carbocycles. The second-order valence-corrected chi connectivity index (χ2v) is 4.36. The summed E-state index contributed by atoms with van der Waals surface area (Å²) in [6.07, 6.45) is 3.01. The molecule has 1 aliphatic rings. The Morgan fingerprint density at radius 1 is 1.24 bits per heavy atom. The van der Waals surface area contributed by atoms with Crippen LogP contribution in [0.15, 0.2) is 30.3 Å². The first-order chi connectivity index (χ1) is 8.27. The van der Waals surface area contributed by atoms with Crippen LogP contribution in [0.25, 0.3) is 0 Å². The van der Waals surface area contributed by atoms with Crippen molar-refractivity contribution in [1.82, 2.24) is 0 Å². The van der Waals surface area contributed by atoms with Crippen LogP contribution in [0.3, 0.4) is 0 Å². The molecule has 1 aliphatic carbocycles. The van der Waals surface area contributed by atoms with Crippen LogP contribution in [0, 0.1) is 5.92 Å². The zero-order valence-electron chi connectivity index (χ0n) is 9.72. The highest BCUT2D eigenvalue weighted by atomic mass is 16.5. The Labute approximate surface area is 101 Å². The van der Waals surface area contributed by atoms with Crippen molar-refractivity contribution in [2.24, 2.45) is 5.92 Å². The summed E-state index contributed by atoms with van der Waals surface area (Å²) in [5, 5.41) is 0. The van der Waals surface area contributed by atoms with Crippen LogP contribution in [0.1, 0.15) is 31.2 Å². The fourth-order valence-corrected chi connectivity index (χ4v) is 2.06. The lowest BCUT2D eigenvalue weighted by atomic mass is 9.88. The van der Waals surface area contributed by atoms with Gasteiger partial charge in [0.2, 0.25) is 0 Å². The Kier molecular flexibility index (Phi) is 3.91. The molecule has 0 N–H and O–H groups in total. The molecule has 90 valence electrons. The number of carbonyl (C=O) groups excluding carboxylic acids is 2. The lowest BCUT2D eigenvalue weighted by Crippen LogP contribution is -2.28. The SMILES string of the molecule is O=C1CCCCC1C(=O)OCc1ccccc1. The molecule has 0 bridgehead atoms. The maximum absolute atomic E-state index is 11.7. The van der Waals surface area contributed by atoms with E-state index in [1.54, 1.807) is 0 Å². The van der Waals surface area contributed by atoms with Gasteiger partial charge in [-0.2, -0.15) is 0 Å². The van der Waals surface area contributed by atoms with Crippen LogP contribution in [0.4, 0.5) is 0 Å². The van der Waals surface area contributed by atoms with E-state index in [-0.39, 0.29) is 18.4 Å². The minimum Gasteiger partial charge on any atom is -0.460 e. The Bertz CT molecular complexity index is 397. The molecule has 3 heteroatoms. The number of carbonyl (C=O) groups is 2. The fraction of sp³-hybridized carbons (Fsp3) is 0.429. The predicted octanol–water partition coefficient (Wildman–Crippen LogP) is 2.49. The summed E-state index contributed by atoms with van der Waals surface area (Å²) in [5.74, 6) is -0.847. The first-order valence-electron chi connectivity index (χ1n) is 6.00. The summed E-state index contributed by atoms with van der Waals surface area (Å²) in [6, 6.07) is 9.51. The van der Waals surface area contributed by atoms with Gasteiger partial charge < -0.3 is 4.74 Å². The molecule has 1 fully saturated rings. The summed E-state index contributed by atoms with van der Waals surface area (Å²) < 4.78 is 5.18. The van der Waals surface area contributed by atoms with Crippen LogP contribution in [-0.4, -0.2) is 11.8 Å². The van der Waals surface area contributed by atoms with Crippen LogP contribution in [0.5, 0.6) is 0 Å². The topological polar surface area (TPSA) is 43.4 Å². The van der Waals surface area contributed by atoms with E-state index in [1.807, 2.05) is 30.3 Å². The monoisotopic (exact) mass is 232 g/mol. The largest absolute Gasteiger partial charge is 0.460 e. The van der Waals surface area contributed by atoms with E-state index >= 15 is 0 Å². The first kappa shape index (κ1) is 11.8. The van der Waals surface area contributed by atoms with Crippen molar-refractivity contribution in [2.75, 3.05) is 0 Å². The van der Waals surface area contributed by atoms with E-state index in [2.05, 4.69) is 0 Å². The standard InChI is InChI=1S/C14H16O3/c15-13-9-5-4-8-12(13)14(16)17-10-11-6-2-1-3-7-11/h1-3,6-7,12H,4-5,8-10H2. The highest BCUT2D eigenvalue weighted by Crippen LogP contribution is 2.22. The van der Waals surface area contributed by atoms with Gasteiger partial charge in [0.1, 0.15) is 18.3 Å². The second-order valence-electron chi connectivity index (χ2n) is 4.36. The van der Waals surface area contributed by atoms with Crippen molar-refractivity contribution in [3.63, 3.8) is 0 Å². The Morgan fingerprint density at radius 2 is 2.00 bits per heavy atom. The highest BCUT2D eigenvalue weighted by Gasteiger charge is 2.30. The lowest BCUT2D eigenvalue weighted by Gasteiger charge is -2.18. The molecule has 0 aromatic heterocycles. The number of esters is 1. The van der Waals surface area contributed by atoms with Crippen molar-refractivity contribution in [1.29, 1.82) is 0 Å². The van der Waals surface area contributed by atoms with E-state index in [9.17, 15) is 9.59 Å². The number of hydrogen-bond acceptors (Lipinski definition) is 3. The third-order valence-electron chi connectivity index (χ3n) is 3.06. The second kappa shape index (κ2) is 5.62. The molecule has 0 spiro atoms. The maximum Gasteiger partial charge on any atom is 0.316 e. The molecule has 0 aliphatic heterocycles. The minimum absolute atomic E-state index is 0.0364. The van der Waals surface area contributed by atoms with E-state index in [0.29, 0.717) is 12.8 Å². The third kappa shape index (κ3) is 3.16. The first-order valence-corrected chi connectivity index (χ1v) is 6.00. The molecular weight excluding hydrogens is 216 g/mol. The van der Waals surface area contributed by atoms with Gasteiger partial charge in [-0.1, -0.05) is 36.8 Å². The van der Waals surface area contributed by atoms with Crippen molar-refractivity contribution in [3.8, 4) is 0 Å². The number of ketones is 1. The van der Waals surface area contributed by atoms with Crippen LogP contribution >= 0.6 is 0 Å². The lowest BCUT2D eigenvalue weighted by molar-refractivity contribution is -0.154. The molecule has 2 rings (SSSR count). The van der Waals surface area contributed by atoms with Gasteiger partial charge in [-0.15, -0.1) is 0 Å².